The van der Waals surface area contributed by atoms with Crippen molar-refractivity contribution in [1.82, 2.24) is 14.8 Å². The molecular formula is C28H31BrN4O4. The van der Waals surface area contributed by atoms with Crippen LogP contribution in [-0.2, 0) is 16.1 Å². The lowest BCUT2D eigenvalue weighted by molar-refractivity contribution is -0.146. The molecule has 1 aromatic heterocycles. The monoisotopic (exact) mass is 566 g/mol. The van der Waals surface area contributed by atoms with Crippen LogP contribution in [0.15, 0.2) is 64.5 Å². The molecule has 1 saturated carbocycles. The summed E-state index contributed by atoms with van der Waals surface area (Å²) in [5.74, 6) is 1.49. The predicted octanol–water partition coefficient (Wildman–Crippen LogP) is 6.18. The fourth-order valence-corrected chi connectivity index (χ4v) is 5.15. The molecule has 2 aliphatic rings. The van der Waals surface area contributed by atoms with Crippen molar-refractivity contribution in [3.05, 3.63) is 75.7 Å². The molecule has 1 unspecified atom stereocenters. The second-order valence-electron chi connectivity index (χ2n) is 9.31. The number of halogens is 1. The summed E-state index contributed by atoms with van der Waals surface area (Å²) in [5, 5.41) is 7.65. The van der Waals surface area contributed by atoms with E-state index in [9.17, 15) is 4.79 Å². The van der Waals surface area contributed by atoms with Crippen molar-refractivity contribution in [2.75, 3.05) is 11.9 Å². The number of carbonyl (C=O) groups excluding carboxylic acids is 1. The van der Waals surface area contributed by atoms with Crippen molar-refractivity contribution in [1.29, 1.82) is 0 Å². The van der Waals surface area contributed by atoms with Gasteiger partial charge in [0.15, 0.2) is 11.5 Å². The summed E-state index contributed by atoms with van der Waals surface area (Å²) in [6, 6.07) is 13.2. The van der Waals surface area contributed by atoms with Gasteiger partial charge in [-0.15, -0.1) is 0 Å². The molecule has 0 radical (unpaired) electrons. The fourth-order valence-electron chi connectivity index (χ4n) is 4.89. The van der Waals surface area contributed by atoms with Gasteiger partial charge in [-0.2, -0.15) is 10.1 Å². The van der Waals surface area contributed by atoms with Crippen molar-refractivity contribution in [3.8, 4) is 11.5 Å². The lowest BCUT2D eigenvalue weighted by Crippen LogP contribution is -2.32. The molecular weight excluding hydrogens is 536 g/mol. The number of nitrogens with zero attached hydrogens (tertiary/aromatic N) is 3. The minimum Gasteiger partial charge on any atom is -0.490 e. The fraction of sp³-hybridized carbons (Fsp3) is 0.393. The van der Waals surface area contributed by atoms with Crippen LogP contribution in [0.4, 0.5) is 5.95 Å². The molecule has 1 aliphatic carbocycles. The molecule has 9 heteroatoms. The number of hydrogen-bond donors (Lipinski definition) is 1. The van der Waals surface area contributed by atoms with Crippen molar-refractivity contribution < 1.29 is 19.0 Å². The lowest BCUT2D eigenvalue weighted by Gasteiger charge is -2.30. The lowest BCUT2D eigenvalue weighted by atomic mass is 9.94. The summed E-state index contributed by atoms with van der Waals surface area (Å²) in [6.45, 7) is 4.69. The van der Waals surface area contributed by atoms with Gasteiger partial charge in [0.05, 0.1) is 12.2 Å². The van der Waals surface area contributed by atoms with Gasteiger partial charge in [-0.05, 0) is 74.9 Å². The molecule has 0 amide bonds. The Hall–Kier alpha value is -3.33. The molecule has 2 aromatic carbocycles. The molecule has 5 rings (SSSR count). The molecule has 0 saturated heterocycles. The van der Waals surface area contributed by atoms with Gasteiger partial charge >= 0.3 is 5.97 Å². The SMILES string of the molecule is CCOc1cc(C2C(C(=O)OC3CCCCC3)=C(C)Nc3ncnn32)ccc1OCc1ccc(Br)cc1. The molecule has 194 valence electrons. The van der Waals surface area contributed by atoms with Crippen LogP contribution in [0.2, 0.25) is 0 Å². The van der Waals surface area contributed by atoms with E-state index in [0.717, 1.165) is 41.3 Å². The number of nitrogens with one attached hydrogen (secondary N) is 1. The van der Waals surface area contributed by atoms with Crippen LogP contribution < -0.4 is 14.8 Å². The van der Waals surface area contributed by atoms with E-state index in [-0.39, 0.29) is 12.1 Å². The summed E-state index contributed by atoms with van der Waals surface area (Å²) in [7, 11) is 0. The number of aromatic nitrogens is 3. The van der Waals surface area contributed by atoms with E-state index in [2.05, 4.69) is 31.3 Å². The zero-order valence-electron chi connectivity index (χ0n) is 21.1. The van der Waals surface area contributed by atoms with Crippen molar-refractivity contribution in [3.63, 3.8) is 0 Å². The second kappa shape index (κ2) is 11.4. The average molecular weight is 567 g/mol. The van der Waals surface area contributed by atoms with Crippen LogP contribution in [0.25, 0.3) is 0 Å². The molecule has 1 atom stereocenters. The Morgan fingerprint density at radius 3 is 2.62 bits per heavy atom. The first-order chi connectivity index (χ1) is 18.0. The highest BCUT2D eigenvalue weighted by molar-refractivity contribution is 9.10. The third-order valence-electron chi connectivity index (χ3n) is 6.73. The summed E-state index contributed by atoms with van der Waals surface area (Å²) < 4.78 is 20.8. The van der Waals surface area contributed by atoms with Gasteiger partial charge in [0.1, 0.15) is 25.1 Å². The predicted molar refractivity (Wildman–Crippen MR) is 144 cm³/mol. The summed E-state index contributed by atoms with van der Waals surface area (Å²) >= 11 is 3.46. The second-order valence-corrected chi connectivity index (χ2v) is 10.2. The highest BCUT2D eigenvalue weighted by atomic mass is 79.9. The molecule has 3 aromatic rings. The Kier molecular flexibility index (Phi) is 7.79. The standard InChI is InChI=1S/C28H31BrN4O4/c1-3-35-24-15-20(11-14-23(24)36-16-19-9-12-21(29)13-10-19)26-25(18(2)32-28-30-17-31-33(26)28)27(34)37-22-7-5-4-6-8-22/h9-15,17,22,26H,3-8,16H2,1-2H3,(H,30,31,32). The first-order valence-electron chi connectivity index (χ1n) is 12.8. The van der Waals surface area contributed by atoms with Crippen LogP contribution in [0.3, 0.4) is 0 Å². The van der Waals surface area contributed by atoms with Gasteiger partial charge in [-0.3, -0.25) is 0 Å². The molecule has 0 spiro atoms. The van der Waals surface area contributed by atoms with Gasteiger partial charge < -0.3 is 19.5 Å². The highest BCUT2D eigenvalue weighted by Crippen LogP contribution is 2.39. The Bertz CT molecular complexity index is 1280. The smallest absolute Gasteiger partial charge is 0.338 e. The quantitative estimate of drug-likeness (QED) is 0.325. The van der Waals surface area contributed by atoms with Crippen molar-refractivity contribution >= 4 is 27.8 Å². The van der Waals surface area contributed by atoms with E-state index in [1.54, 1.807) is 4.68 Å². The van der Waals surface area contributed by atoms with Gasteiger partial charge in [0.2, 0.25) is 5.95 Å². The van der Waals surface area contributed by atoms with Crippen LogP contribution >= 0.6 is 15.9 Å². The Labute approximate surface area is 225 Å². The van der Waals surface area contributed by atoms with Crippen LogP contribution in [0.1, 0.15) is 63.1 Å². The zero-order chi connectivity index (χ0) is 25.8. The molecule has 8 nitrogen and oxygen atoms in total. The number of ether oxygens (including phenoxy) is 3. The molecule has 1 N–H and O–H groups in total. The maximum absolute atomic E-state index is 13.5. The normalized spacial score (nSPS) is 17.6. The minimum atomic E-state index is -0.505. The summed E-state index contributed by atoms with van der Waals surface area (Å²) in [4.78, 5) is 17.8. The van der Waals surface area contributed by atoms with Gasteiger partial charge in [0, 0.05) is 10.2 Å². The average Bonchev–Trinajstić information content (AvgIpc) is 3.37. The van der Waals surface area contributed by atoms with E-state index in [4.69, 9.17) is 14.2 Å². The number of fused-ring (bicyclic) bond motifs is 1. The number of rotatable bonds is 8. The van der Waals surface area contributed by atoms with Gasteiger partial charge in [-0.1, -0.05) is 40.5 Å². The Morgan fingerprint density at radius 2 is 1.86 bits per heavy atom. The van der Waals surface area contributed by atoms with Crippen LogP contribution in [-0.4, -0.2) is 33.4 Å². The van der Waals surface area contributed by atoms with Gasteiger partial charge in [-0.25, -0.2) is 9.48 Å². The first-order valence-corrected chi connectivity index (χ1v) is 13.5. The first kappa shape index (κ1) is 25.3. The number of anilines is 1. The Morgan fingerprint density at radius 1 is 1.08 bits per heavy atom. The maximum Gasteiger partial charge on any atom is 0.338 e. The largest absolute Gasteiger partial charge is 0.490 e. The molecule has 37 heavy (non-hydrogen) atoms. The number of carbonyl (C=O) groups is 1. The Balaban J connectivity index is 1.45. The number of esters is 1. The minimum absolute atomic E-state index is 0.0484. The number of allylic oxidation sites excluding steroid dienone is 1. The topological polar surface area (TPSA) is 87.5 Å². The number of hydrogen-bond acceptors (Lipinski definition) is 7. The highest BCUT2D eigenvalue weighted by Gasteiger charge is 2.36. The van der Waals surface area contributed by atoms with Gasteiger partial charge in [0.25, 0.3) is 0 Å². The van der Waals surface area contributed by atoms with E-state index in [1.807, 2.05) is 56.3 Å². The third-order valence-corrected chi connectivity index (χ3v) is 7.26. The van der Waals surface area contributed by atoms with E-state index in [1.165, 1.54) is 12.7 Å². The van der Waals surface area contributed by atoms with Crippen LogP contribution in [0.5, 0.6) is 11.5 Å². The maximum atomic E-state index is 13.5. The third kappa shape index (κ3) is 5.66. The van der Waals surface area contributed by atoms with Crippen LogP contribution in [0, 0.1) is 0 Å². The van der Waals surface area contributed by atoms with E-state index >= 15 is 0 Å². The van der Waals surface area contributed by atoms with Crippen molar-refractivity contribution in [2.24, 2.45) is 0 Å². The van der Waals surface area contributed by atoms with Crippen molar-refractivity contribution in [2.45, 2.75) is 64.7 Å². The number of benzene rings is 2. The molecule has 1 fully saturated rings. The van der Waals surface area contributed by atoms with E-state index < -0.39 is 6.04 Å². The molecule has 0 bridgehead atoms. The molecule has 2 heterocycles. The summed E-state index contributed by atoms with van der Waals surface area (Å²) in [5.41, 5.74) is 3.11. The molecule has 1 aliphatic heterocycles. The van der Waals surface area contributed by atoms with E-state index in [0.29, 0.717) is 41.9 Å². The zero-order valence-corrected chi connectivity index (χ0v) is 22.7. The summed E-state index contributed by atoms with van der Waals surface area (Å²) in [6.07, 6.45) is 6.62.